The average Bonchev–Trinajstić information content (AvgIpc) is 2.80. The van der Waals surface area contributed by atoms with Crippen LogP contribution in [0.5, 0.6) is 5.75 Å². The van der Waals surface area contributed by atoms with Gasteiger partial charge in [0.1, 0.15) is 5.75 Å². The molecule has 9 nitrogen and oxygen atoms in total. The molecule has 0 unspecified atom stereocenters. The highest BCUT2D eigenvalue weighted by Gasteiger charge is 2.33. The number of anilines is 1. The van der Waals surface area contributed by atoms with E-state index >= 15 is 0 Å². The monoisotopic (exact) mass is 481 g/mol. The molecule has 2 aromatic carbocycles. The molecule has 174 valence electrons. The van der Waals surface area contributed by atoms with Crippen molar-refractivity contribution in [2.24, 2.45) is 5.92 Å². The van der Waals surface area contributed by atoms with Gasteiger partial charge in [0.15, 0.2) is 0 Å². The molecular formula is C21H27N3O6S2. The van der Waals surface area contributed by atoms with Gasteiger partial charge in [0.25, 0.3) is 0 Å². The minimum absolute atomic E-state index is 0.0354. The van der Waals surface area contributed by atoms with E-state index in [9.17, 15) is 21.6 Å². The van der Waals surface area contributed by atoms with Crippen molar-refractivity contribution in [1.82, 2.24) is 9.03 Å². The lowest BCUT2D eigenvalue weighted by Gasteiger charge is -2.31. The van der Waals surface area contributed by atoms with Crippen LogP contribution in [0.25, 0.3) is 0 Å². The van der Waals surface area contributed by atoms with Crippen LogP contribution in [0.2, 0.25) is 0 Å². The van der Waals surface area contributed by atoms with Gasteiger partial charge in [-0.2, -0.15) is 4.31 Å². The van der Waals surface area contributed by atoms with Crippen molar-refractivity contribution in [2.75, 3.05) is 32.6 Å². The van der Waals surface area contributed by atoms with Crippen molar-refractivity contribution < 1.29 is 26.4 Å². The number of carbonyl (C=O) groups excluding carboxylic acids is 1. The summed E-state index contributed by atoms with van der Waals surface area (Å²) in [7, 11) is -4.60. The second kappa shape index (κ2) is 9.57. The largest absolute Gasteiger partial charge is 0.497 e. The number of sulfonamides is 2. The molecule has 0 spiro atoms. The summed E-state index contributed by atoms with van der Waals surface area (Å²) in [5, 5.41) is 2.77. The maximum atomic E-state index is 13.0. The Morgan fingerprint density at radius 3 is 2.34 bits per heavy atom. The molecule has 1 saturated heterocycles. The first-order chi connectivity index (χ1) is 15.1. The van der Waals surface area contributed by atoms with E-state index in [0.717, 1.165) is 0 Å². The Labute approximate surface area is 188 Å². The second-order valence-electron chi connectivity index (χ2n) is 7.55. The molecular weight excluding hydrogens is 454 g/mol. The summed E-state index contributed by atoms with van der Waals surface area (Å²) in [6, 6.07) is 10.6. The third-order valence-corrected chi connectivity index (χ3v) is 8.79. The fourth-order valence-corrected chi connectivity index (χ4v) is 5.81. The number of aryl methyl sites for hydroxylation is 1. The van der Waals surface area contributed by atoms with Gasteiger partial charge in [0, 0.05) is 18.8 Å². The molecule has 0 saturated carbocycles. The van der Waals surface area contributed by atoms with Gasteiger partial charge in [-0.25, -0.2) is 21.6 Å². The van der Waals surface area contributed by atoms with Gasteiger partial charge in [0.05, 0.1) is 22.8 Å². The van der Waals surface area contributed by atoms with E-state index in [1.54, 1.807) is 25.1 Å². The zero-order valence-electron chi connectivity index (χ0n) is 18.2. The molecule has 1 amide bonds. The highest BCUT2D eigenvalue weighted by Crippen LogP contribution is 2.27. The Bertz CT molecular complexity index is 1190. The standard InChI is InChI=1S/C21H27N3O6S2/c1-15-6-9-19(31(26,27)22-2)13-20(15)23-21(25)16-5-4-12-24(14-16)32(28,29)18-10-7-17(30-3)8-11-18/h6-11,13,16,22H,4-5,12,14H2,1-3H3,(H,23,25)/t16-/m1/s1. The molecule has 1 atom stereocenters. The van der Waals surface area contributed by atoms with Crippen LogP contribution in [0.1, 0.15) is 18.4 Å². The van der Waals surface area contributed by atoms with Gasteiger partial charge >= 0.3 is 0 Å². The number of rotatable bonds is 7. The Balaban J connectivity index is 1.77. The van der Waals surface area contributed by atoms with Crippen molar-refractivity contribution in [3.63, 3.8) is 0 Å². The molecule has 3 rings (SSSR count). The molecule has 0 radical (unpaired) electrons. The molecule has 2 N–H and O–H groups in total. The SMILES string of the molecule is CNS(=O)(=O)c1ccc(C)c(NC(=O)[C@@H]2CCCN(S(=O)(=O)c3ccc(OC)cc3)C2)c1. The predicted octanol–water partition coefficient (Wildman–Crippen LogP) is 1.95. The van der Waals surface area contributed by atoms with Crippen LogP contribution in [-0.2, 0) is 24.8 Å². The summed E-state index contributed by atoms with van der Waals surface area (Å²) in [6.07, 6.45) is 1.08. The Hall–Kier alpha value is -2.47. The first-order valence-electron chi connectivity index (χ1n) is 10.1. The van der Waals surface area contributed by atoms with E-state index in [1.807, 2.05) is 0 Å². The van der Waals surface area contributed by atoms with Crippen molar-refractivity contribution in [2.45, 2.75) is 29.6 Å². The van der Waals surface area contributed by atoms with Crippen molar-refractivity contribution in [1.29, 1.82) is 0 Å². The van der Waals surface area contributed by atoms with E-state index in [0.29, 0.717) is 36.4 Å². The van der Waals surface area contributed by atoms with E-state index in [1.165, 1.54) is 42.7 Å². The van der Waals surface area contributed by atoms with Crippen LogP contribution in [0.4, 0.5) is 5.69 Å². The molecule has 1 heterocycles. The predicted molar refractivity (Wildman–Crippen MR) is 121 cm³/mol. The Kier molecular flexibility index (Phi) is 7.23. The summed E-state index contributed by atoms with van der Waals surface area (Å²) in [5.41, 5.74) is 1.08. The fraction of sp³-hybridized carbons (Fsp3) is 0.381. The molecule has 11 heteroatoms. The third kappa shape index (κ3) is 5.12. The summed E-state index contributed by atoms with van der Waals surface area (Å²) < 4.78 is 58.9. The number of carbonyl (C=O) groups is 1. The first kappa shape index (κ1) is 24.2. The van der Waals surface area contributed by atoms with Crippen molar-refractivity contribution >= 4 is 31.6 Å². The van der Waals surface area contributed by atoms with Gasteiger partial charge in [-0.15, -0.1) is 0 Å². The summed E-state index contributed by atoms with van der Waals surface area (Å²) in [6.45, 7) is 2.13. The van der Waals surface area contributed by atoms with E-state index < -0.39 is 26.0 Å². The van der Waals surface area contributed by atoms with Crippen LogP contribution >= 0.6 is 0 Å². The van der Waals surface area contributed by atoms with E-state index in [4.69, 9.17) is 4.74 Å². The maximum Gasteiger partial charge on any atom is 0.243 e. The summed E-state index contributed by atoms with van der Waals surface area (Å²) in [5.74, 6) is -0.347. The maximum absolute atomic E-state index is 13.0. The number of nitrogens with zero attached hydrogens (tertiary/aromatic N) is 1. The van der Waals surface area contributed by atoms with Crippen LogP contribution < -0.4 is 14.8 Å². The Morgan fingerprint density at radius 1 is 1.06 bits per heavy atom. The van der Waals surface area contributed by atoms with Gasteiger partial charge < -0.3 is 10.1 Å². The van der Waals surface area contributed by atoms with Crippen molar-refractivity contribution in [3.8, 4) is 5.75 Å². The summed E-state index contributed by atoms with van der Waals surface area (Å²) >= 11 is 0. The van der Waals surface area contributed by atoms with Gasteiger partial charge in [0.2, 0.25) is 26.0 Å². The zero-order valence-corrected chi connectivity index (χ0v) is 19.8. The number of hydrogen-bond acceptors (Lipinski definition) is 6. The number of nitrogens with one attached hydrogen (secondary N) is 2. The molecule has 1 fully saturated rings. The quantitative estimate of drug-likeness (QED) is 0.623. The molecule has 1 aliphatic heterocycles. The van der Waals surface area contributed by atoms with Crippen molar-refractivity contribution in [3.05, 3.63) is 48.0 Å². The third-order valence-electron chi connectivity index (χ3n) is 5.50. The minimum Gasteiger partial charge on any atom is -0.497 e. The van der Waals surface area contributed by atoms with E-state index in [-0.39, 0.29) is 22.2 Å². The van der Waals surface area contributed by atoms with Crippen LogP contribution in [0, 0.1) is 12.8 Å². The smallest absolute Gasteiger partial charge is 0.243 e. The molecule has 2 aromatic rings. The first-order valence-corrected chi connectivity index (χ1v) is 13.0. The van der Waals surface area contributed by atoms with Crippen LogP contribution in [-0.4, -0.2) is 54.3 Å². The highest BCUT2D eigenvalue weighted by atomic mass is 32.2. The minimum atomic E-state index is -3.75. The topological polar surface area (TPSA) is 122 Å². The number of benzene rings is 2. The van der Waals surface area contributed by atoms with Crippen LogP contribution in [0.3, 0.4) is 0 Å². The lowest BCUT2D eigenvalue weighted by molar-refractivity contribution is -0.120. The molecule has 0 bridgehead atoms. The van der Waals surface area contributed by atoms with E-state index in [2.05, 4.69) is 10.0 Å². The Morgan fingerprint density at radius 2 is 1.72 bits per heavy atom. The molecule has 0 aromatic heterocycles. The number of methoxy groups -OCH3 is 1. The molecule has 1 aliphatic rings. The fourth-order valence-electron chi connectivity index (χ4n) is 3.53. The summed E-state index contributed by atoms with van der Waals surface area (Å²) in [4.78, 5) is 13.1. The second-order valence-corrected chi connectivity index (χ2v) is 11.4. The highest BCUT2D eigenvalue weighted by molar-refractivity contribution is 7.89. The number of piperidine rings is 1. The lowest BCUT2D eigenvalue weighted by Crippen LogP contribution is -2.43. The van der Waals surface area contributed by atoms with Crippen LogP contribution in [0.15, 0.2) is 52.3 Å². The normalized spacial score (nSPS) is 17.7. The average molecular weight is 482 g/mol. The number of ether oxygens (including phenoxy) is 1. The number of hydrogen-bond donors (Lipinski definition) is 2. The molecule has 0 aliphatic carbocycles. The molecule has 32 heavy (non-hydrogen) atoms. The van der Waals surface area contributed by atoms with Gasteiger partial charge in [-0.3, -0.25) is 4.79 Å². The zero-order chi connectivity index (χ0) is 23.5. The van der Waals surface area contributed by atoms with Gasteiger partial charge in [-0.1, -0.05) is 6.07 Å². The lowest BCUT2D eigenvalue weighted by atomic mass is 9.98. The number of amides is 1. The van der Waals surface area contributed by atoms with Gasteiger partial charge in [-0.05, 0) is 68.8 Å².